The first-order valence-electron chi connectivity index (χ1n) is 4.09. The minimum atomic E-state index is 0.309. The Balaban J connectivity index is 2.43. The molecule has 0 fully saturated rings. The van der Waals surface area contributed by atoms with Gasteiger partial charge in [-0.25, -0.2) is 0 Å². The van der Waals surface area contributed by atoms with Crippen molar-refractivity contribution in [3.05, 3.63) is 22.2 Å². The summed E-state index contributed by atoms with van der Waals surface area (Å²) in [6.07, 6.45) is 0.811. The Bertz CT molecular complexity index is 328. The summed E-state index contributed by atoms with van der Waals surface area (Å²) >= 11 is 3.41. The molecular formula is C9H10BrNO2. The maximum Gasteiger partial charge on any atom is 0.231 e. The van der Waals surface area contributed by atoms with Gasteiger partial charge in [-0.05, 0) is 25.1 Å². The normalized spacial score (nSPS) is 13.4. The molecule has 0 aliphatic carbocycles. The van der Waals surface area contributed by atoms with Gasteiger partial charge >= 0.3 is 0 Å². The van der Waals surface area contributed by atoms with Crippen molar-refractivity contribution in [1.29, 1.82) is 0 Å². The summed E-state index contributed by atoms with van der Waals surface area (Å²) in [7, 11) is 0. The Morgan fingerprint density at radius 2 is 2.23 bits per heavy atom. The summed E-state index contributed by atoms with van der Waals surface area (Å²) < 4.78 is 11.6. The molecule has 70 valence electrons. The lowest BCUT2D eigenvalue weighted by Gasteiger charge is -2.04. The van der Waals surface area contributed by atoms with Crippen LogP contribution in [0.2, 0.25) is 0 Å². The molecule has 1 heterocycles. The third-order valence-corrected chi connectivity index (χ3v) is 2.39. The van der Waals surface area contributed by atoms with Crippen LogP contribution in [0, 0.1) is 0 Å². The maximum atomic E-state index is 5.49. The summed E-state index contributed by atoms with van der Waals surface area (Å²) in [5, 5.41) is 0. The molecule has 0 unspecified atom stereocenters. The second kappa shape index (κ2) is 3.55. The van der Waals surface area contributed by atoms with Gasteiger partial charge in [-0.2, -0.15) is 0 Å². The number of benzene rings is 1. The van der Waals surface area contributed by atoms with Gasteiger partial charge in [0.2, 0.25) is 6.79 Å². The van der Waals surface area contributed by atoms with Gasteiger partial charge in [0.25, 0.3) is 0 Å². The van der Waals surface area contributed by atoms with Gasteiger partial charge in [-0.15, -0.1) is 0 Å². The van der Waals surface area contributed by atoms with E-state index < -0.39 is 0 Å². The Morgan fingerprint density at radius 1 is 1.38 bits per heavy atom. The first-order valence-corrected chi connectivity index (χ1v) is 4.88. The molecule has 0 spiro atoms. The van der Waals surface area contributed by atoms with E-state index in [1.807, 2.05) is 12.1 Å². The standard InChI is InChI=1S/C9H10BrNO2/c10-7-3-6(1-2-11)9-8(4-7)12-5-13-9/h3-4H,1-2,5,11H2. The molecule has 3 nitrogen and oxygen atoms in total. The first kappa shape index (κ1) is 8.84. The Morgan fingerprint density at radius 3 is 3.00 bits per heavy atom. The van der Waals surface area contributed by atoms with Gasteiger partial charge in [0.05, 0.1) is 0 Å². The fourth-order valence-electron chi connectivity index (χ4n) is 1.39. The Labute approximate surface area is 85.0 Å². The van der Waals surface area contributed by atoms with Crippen LogP contribution < -0.4 is 15.2 Å². The monoisotopic (exact) mass is 243 g/mol. The van der Waals surface area contributed by atoms with Crippen molar-refractivity contribution >= 4 is 15.9 Å². The van der Waals surface area contributed by atoms with Crippen molar-refractivity contribution in [2.75, 3.05) is 13.3 Å². The van der Waals surface area contributed by atoms with E-state index in [1.165, 1.54) is 0 Å². The molecule has 4 heteroatoms. The zero-order valence-corrected chi connectivity index (χ0v) is 8.63. The van der Waals surface area contributed by atoms with Crippen molar-refractivity contribution in [2.45, 2.75) is 6.42 Å². The van der Waals surface area contributed by atoms with Crippen molar-refractivity contribution in [3.8, 4) is 11.5 Å². The van der Waals surface area contributed by atoms with E-state index in [1.54, 1.807) is 0 Å². The molecule has 0 atom stereocenters. The third-order valence-electron chi connectivity index (χ3n) is 1.93. The first-order chi connectivity index (χ1) is 6.31. The van der Waals surface area contributed by atoms with Gasteiger partial charge in [0.15, 0.2) is 11.5 Å². The molecule has 2 N–H and O–H groups in total. The SMILES string of the molecule is NCCc1cc(Br)cc2c1OCO2. The molecule has 0 saturated heterocycles. The van der Waals surface area contributed by atoms with Crippen LogP contribution in [0.25, 0.3) is 0 Å². The summed E-state index contributed by atoms with van der Waals surface area (Å²) in [4.78, 5) is 0. The van der Waals surface area contributed by atoms with Crippen LogP contribution in [-0.4, -0.2) is 13.3 Å². The van der Waals surface area contributed by atoms with Crippen molar-refractivity contribution in [3.63, 3.8) is 0 Å². The predicted octanol–water partition coefficient (Wildman–Crippen LogP) is 1.68. The van der Waals surface area contributed by atoms with Crippen molar-refractivity contribution in [1.82, 2.24) is 0 Å². The second-order valence-corrected chi connectivity index (χ2v) is 3.75. The molecule has 1 aromatic rings. The lowest BCUT2D eigenvalue weighted by molar-refractivity contribution is 0.173. The Kier molecular flexibility index (Phi) is 2.42. The van der Waals surface area contributed by atoms with E-state index in [9.17, 15) is 0 Å². The summed E-state index contributed by atoms with van der Waals surface area (Å²) in [5.74, 6) is 1.64. The van der Waals surface area contributed by atoms with Crippen LogP contribution in [0.3, 0.4) is 0 Å². The van der Waals surface area contributed by atoms with Gasteiger partial charge < -0.3 is 15.2 Å². The van der Waals surface area contributed by atoms with E-state index in [-0.39, 0.29) is 0 Å². The van der Waals surface area contributed by atoms with Crippen molar-refractivity contribution in [2.24, 2.45) is 5.73 Å². The van der Waals surface area contributed by atoms with Crippen LogP contribution in [-0.2, 0) is 6.42 Å². The number of hydrogen-bond acceptors (Lipinski definition) is 3. The highest BCUT2D eigenvalue weighted by Gasteiger charge is 2.17. The smallest absolute Gasteiger partial charge is 0.231 e. The van der Waals surface area contributed by atoms with Gasteiger partial charge in [0.1, 0.15) is 0 Å². The van der Waals surface area contributed by atoms with Crippen molar-refractivity contribution < 1.29 is 9.47 Å². The molecule has 1 aromatic carbocycles. The third kappa shape index (κ3) is 1.64. The van der Waals surface area contributed by atoms with Gasteiger partial charge in [-0.3, -0.25) is 0 Å². The minimum Gasteiger partial charge on any atom is -0.454 e. The zero-order chi connectivity index (χ0) is 9.26. The molecule has 0 radical (unpaired) electrons. The molecule has 0 bridgehead atoms. The predicted molar refractivity (Wildman–Crippen MR) is 53.0 cm³/mol. The lowest BCUT2D eigenvalue weighted by Crippen LogP contribution is -2.03. The van der Waals surface area contributed by atoms with Crippen LogP contribution in [0.5, 0.6) is 11.5 Å². The van der Waals surface area contributed by atoms with Crippen LogP contribution in [0.1, 0.15) is 5.56 Å². The minimum absolute atomic E-state index is 0.309. The molecule has 2 rings (SSSR count). The maximum absolute atomic E-state index is 5.49. The van der Waals surface area contributed by atoms with E-state index in [0.717, 1.165) is 28.0 Å². The summed E-state index contributed by atoms with van der Waals surface area (Å²) in [6.45, 7) is 0.926. The number of nitrogens with two attached hydrogens (primary N) is 1. The highest BCUT2D eigenvalue weighted by molar-refractivity contribution is 9.10. The van der Waals surface area contributed by atoms with Gasteiger partial charge in [-0.1, -0.05) is 15.9 Å². The molecule has 13 heavy (non-hydrogen) atoms. The van der Waals surface area contributed by atoms with Crippen LogP contribution in [0.15, 0.2) is 16.6 Å². The molecule has 0 aromatic heterocycles. The number of fused-ring (bicyclic) bond motifs is 1. The Hall–Kier alpha value is -0.740. The largest absolute Gasteiger partial charge is 0.454 e. The van der Waals surface area contributed by atoms with E-state index >= 15 is 0 Å². The molecular weight excluding hydrogens is 234 g/mol. The highest BCUT2D eigenvalue weighted by Crippen LogP contribution is 2.38. The van der Waals surface area contributed by atoms with Crippen LogP contribution in [0.4, 0.5) is 0 Å². The number of hydrogen-bond donors (Lipinski definition) is 1. The number of halogens is 1. The second-order valence-electron chi connectivity index (χ2n) is 2.84. The molecule has 0 amide bonds. The average molecular weight is 244 g/mol. The fraction of sp³-hybridized carbons (Fsp3) is 0.333. The topological polar surface area (TPSA) is 44.5 Å². The fourth-order valence-corrected chi connectivity index (χ4v) is 1.87. The number of rotatable bonds is 2. The lowest BCUT2D eigenvalue weighted by atomic mass is 10.1. The van der Waals surface area contributed by atoms with Gasteiger partial charge in [0, 0.05) is 10.0 Å². The molecule has 1 aliphatic rings. The van der Waals surface area contributed by atoms with E-state index in [2.05, 4.69) is 15.9 Å². The quantitative estimate of drug-likeness (QED) is 0.860. The van der Waals surface area contributed by atoms with Crippen LogP contribution >= 0.6 is 15.9 Å². The molecule has 0 saturated carbocycles. The van der Waals surface area contributed by atoms with E-state index in [4.69, 9.17) is 15.2 Å². The average Bonchev–Trinajstić information content (AvgIpc) is 2.52. The van der Waals surface area contributed by atoms with E-state index in [0.29, 0.717) is 13.3 Å². The highest BCUT2D eigenvalue weighted by atomic mass is 79.9. The summed E-state index contributed by atoms with van der Waals surface area (Å²) in [5.41, 5.74) is 6.59. The molecule has 1 aliphatic heterocycles. The summed E-state index contributed by atoms with van der Waals surface area (Å²) in [6, 6.07) is 3.92. The number of ether oxygens (including phenoxy) is 2. The zero-order valence-electron chi connectivity index (χ0n) is 7.05.